The van der Waals surface area contributed by atoms with Crippen LogP contribution in [0, 0.1) is 11.3 Å². The molecule has 2 aliphatic heterocycles. The number of rotatable bonds is 10. The summed E-state index contributed by atoms with van der Waals surface area (Å²) in [5, 5.41) is 10.0. The molecule has 2 heterocycles. The predicted octanol–water partition coefficient (Wildman–Crippen LogP) is 3.58. The van der Waals surface area contributed by atoms with Crippen LogP contribution in [0.25, 0.3) is 5.76 Å². The highest BCUT2D eigenvalue weighted by Crippen LogP contribution is 2.44. The quantitative estimate of drug-likeness (QED) is 0.470. The average molecular weight is 520 g/mol. The number of nitrogens with zero attached hydrogens (tertiary/aromatic N) is 2. The summed E-state index contributed by atoms with van der Waals surface area (Å²) in [6.07, 6.45) is 0. The van der Waals surface area contributed by atoms with Gasteiger partial charge in [-0.2, -0.15) is 5.26 Å². The van der Waals surface area contributed by atoms with E-state index in [4.69, 9.17) is 29.4 Å². The van der Waals surface area contributed by atoms with Gasteiger partial charge in [0.05, 0.1) is 37.9 Å². The third-order valence-electron chi connectivity index (χ3n) is 6.32. The molecule has 4 rings (SSSR count). The lowest BCUT2D eigenvalue weighted by molar-refractivity contribution is -0.138. The molecule has 9 heteroatoms. The fraction of sp³-hybridized carbons (Fsp3) is 0.379. The molecular formula is C29H33N3O6. The fourth-order valence-corrected chi connectivity index (χ4v) is 4.52. The van der Waals surface area contributed by atoms with Crippen LogP contribution in [0.4, 0.5) is 0 Å². The van der Waals surface area contributed by atoms with Crippen LogP contribution >= 0.6 is 0 Å². The molecule has 0 aliphatic carbocycles. The van der Waals surface area contributed by atoms with Gasteiger partial charge in [-0.3, -0.25) is 4.90 Å². The Hall–Kier alpha value is -4.00. The van der Waals surface area contributed by atoms with E-state index < -0.39 is 11.9 Å². The van der Waals surface area contributed by atoms with Gasteiger partial charge in [-0.15, -0.1) is 0 Å². The van der Waals surface area contributed by atoms with Gasteiger partial charge in [-0.25, -0.2) is 4.79 Å². The van der Waals surface area contributed by atoms with Crippen LogP contribution in [0.1, 0.15) is 30.9 Å². The highest BCUT2D eigenvalue weighted by atomic mass is 16.5. The molecule has 0 aromatic heterocycles. The van der Waals surface area contributed by atoms with Gasteiger partial charge >= 0.3 is 5.97 Å². The zero-order valence-electron chi connectivity index (χ0n) is 21.8. The molecule has 0 saturated carbocycles. The molecule has 1 fully saturated rings. The number of esters is 1. The maximum Gasteiger partial charge on any atom is 0.338 e. The lowest BCUT2D eigenvalue weighted by Gasteiger charge is -2.29. The van der Waals surface area contributed by atoms with Crippen molar-refractivity contribution in [3.8, 4) is 17.6 Å². The molecule has 0 amide bonds. The van der Waals surface area contributed by atoms with Crippen molar-refractivity contribution in [1.29, 1.82) is 5.26 Å². The van der Waals surface area contributed by atoms with Crippen LogP contribution in [-0.4, -0.2) is 63.5 Å². The monoisotopic (exact) mass is 519 g/mol. The van der Waals surface area contributed by atoms with Crippen LogP contribution in [0.5, 0.6) is 11.5 Å². The van der Waals surface area contributed by atoms with Crippen LogP contribution in [-0.2, 0) is 19.0 Å². The van der Waals surface area contributed by atoms with Crippen LogP contribution in [0.3, 0.4) is 0 Å². The van der Waals surface area contributed by atoms with E-state index in [1.807, 2.05) is 43.3 Å². The van der Waals surface area contributed by atoms with Crippen molar-refractivity contribution in [2.75, 3.05) is 52.7 Å². The van der Waals surface area contributed by atoms with E-state index in [2.05, 4.69) is 11.0 Å². The van der Waals surface area contributed by atoms with Gasteiger partial charge in [0, 0.05) is 25.2 Å². The molecule has 2 N–H and O–H groups in total. The van der Waals surface area contributed by atoms with Crippen molar-refractivity contribution in [3.63, 3.8) is 0 Å². The van der Waals surface area contributed by atoms with E-state index in [-0.39, 0.29) is 29.4 Å². The van der Waals surface area contributed by atoms with Crippen molar-refractivity contribution in [3.05, 3.63) is 76.7 Å². The second-order valence-corrected chi connectivity index (χ2v) is 8.70. The van der Waals surface area contributed by atoms with E-state index in [9.17, 15) is 10.1 Å². The third-order valence-corrected chi connectivity index (χ3v) is 6.32. The summed E-state index contributed by atoms with van der Waals surface area (Å²) in [7, 11) is 0. The minimum Gasteiger partial charge on any atom is -0.490 e. The first kappa shape index (κ1) is 27.0. The summed E-state index contributed by atoms with van der Waals surface area (Å²) in [4.78, 5) is 15.6. The van der Waals surface area contributed by atoms with Gasteiger partial charge in [0.1, 0.15) is 24.0 Å². The molecule has 9 nitrogen and oxygen atoms in total. The number of nitriles is 1. The zero-order chi connectivity index (χ0) is 26.9. The topological polar surface area (TPSA) is 116 Å². The molecule has 2 aromatic carbocycles. The number of benzene rings is 2. The summed E-state index contributed by atoms with van der Waals surface area (Å²) in [6.45, 7) is 8.65. The van der Waals surface area contributed by atoms with Crippen LogP contribution < -0.4 is 15.2 Å². The molecule has 1 unspecified atom stereocenters. The van der Waals surface area contributed by atoms with E-state index in [0.717, 1.165) is 32.8 Å². The Bertz CT molecular complexity index is 1230. The number of morpholine rings is 1. The van der Waals surface area contributed by atoms with E-state index in [1.165, 1.54) is 0 Å². The largest absolute Gasteiger partial charge is 0.490 e. The Morgan fingerprint density at radius 3 is 2.53 bits per heavy atom. The van der Waals surface area contributed by atoms with Crippen molar-refractivity contribution in [2.24, 2.45) is 5.73 Å². The Morgan fingerprint density at radius 1 is 1.08 bits per heavy atom. The van der Waals surface area contributed by atoms with E-state index in [1.54, 1.807) is 19.1 Å². The van der Waals surface area contributed by atoms with Gasteiger partial charge in [-0.1, -0.05) is 36.4 Å². The summed E-state index contributed by atoms with van der Waals surface area (Å²) in [5.41, 5.74) is 7.83. The molecule has 0 spiro atoms. The van der Waals surface area contributed by atoms with Crippen molar-refractivity contribution < 1.29 is 28.5 Å². The standard InChI is InChI=1S/C29H33N3O6/c1-3-35-24-18-21(10-11-23(24)37-17-14-32-12-15-34-16-13-32)25-22(19-30)28(31)38-27(20-8-6-5-7-9-20)26(25)29(33)36-4-2/h5-11,18,25H,3-4,12-17,31H2,1-2H3. The summed E-state index contributed by atoms with van der Waals surface area (Å²) in [6, 6.07) is 16.7. The predicted molar refractivity (Wildman–Crippen MR) is 141 cm³/mol. The number of ether oxygens (including phenoxy) is 5. The number of hydrogen-bond donors (Lipinski definition) is 1. The maximum absolute atomic E-state index is 13.3. The number of allylic oxidation sites excluding steroid dienone is 1. The first-order valence-electron chi connectivity index (χ1n) is 12.8. The van der Waals surface area contributed by atoms with E-state index >= 15 is 0 Å². The Kier molecular flexibility index (Phi) is 9.25. The minimum atomic E-state index is -0.815. The number of hydrogen-bond acceptors (Lipinski definition) is 9. The molecule has 2 aliphatic rings. The second-order valence-electron chi connectivity index (χ2n) is 8.70. The normalized spacial score (nSPS) is 18.0. The zero-order valence-corrected chi connectivity index (χ0v) is 21.8. The Balaban J connectivity index is 1.72. The fourth-order valence-electron chi connectivity index (χ4n) is 4.52. The molecule has 1 atom stereocenters. The number of carbonyl (C=O) groups is 1. The van der Waals surface area contributed by atoms with Gasteiger partial charge in [0.2, 0.25) is 5.88 Å². The van der Waals surface area contributed by atoms with Gasteiger partial charge in [0.25, 0.3) is 0 Å². The van der Waals surface area contributed by atoms with Gasteiger partial charge < -0.3 is 29.4 Å². The van der Waals surface area contributed by atoms with Crippen molar-refractivity contribution in [2.45, 2.75) is 19.8 Å². The van der Waals surface area contributed by atoms with Crippen molar-refractivity contribution in [1.82, 2.24) is 4.90 Å². The summed E-state index contributed by atoms with van der Waals surface area (Å²) < 4.78 is 28.7. The molecule has 2 aromatic rings. The van der Waals surface area contributed by atoms with E-state index in [0.29, 0.717) is 35.8 Å². The molecule has 38 heavy (non-hydrogen) atoms. The molecule has 0 bridgehead atoms. The third kappa shape index (κ3) is 6.10. The number of carbonyl (C=O) groups excluding carboxylic acids is 1. The SMILES string of the molecule is CCOC(=O)C1=C(c2ccccc2)OC(N)=C(C#N)C1c1ccc(OCCN2CCOCC2)c(OCC)c1. The minimum absolute atomic E-state index is 0.0619. The summed E-state index contributed by atoms with van der Waals surface area (Å²) >= 11 is 0. The maximum atomic E-state index is 13.3. The highest BCUT2D eigenvalue weighted by molar-refractivity contribution is 6.00. The average Bonchev–Trinajstić information content (AvgIpc) is 2.94. The van der Waals surface area contributed by atoms with Gasteiger partial charge in [-0.05, 0) is 31.5 Å². The lowest BCUT2D eigenvalue weighted by atomic mass is 9.82. The van der Waals surface area contributed by atoms with Crippen LogP contribution in [0.2, 0.25) is 0 Å². The molecule has 1 saturated heterocycles. The lowest BCUT2D eigenvalue weighted by Crippen LogP contribution is -2.38. The molecular weight excluding hydrogens is 486 g/mol. The smallest absolute Gasteiger partial charge is 0.338 e. The summed E-state index contributed by atoms with van der Waals surface area (Å²) in [5.74, 6) is -0.109. The highest BCUT2D eigenvalue weighted by Gasteiger charge is 2.38. The molecule has 0 radical (unpaired) electrons. The van der Waals surface area contributed by atoms with Crippen molar-refractivity contribution >= 4 is 11.7 Å². The first-order chi connectivity index (χ1) is 18.6. The molecule has 200 valence electrons. The second kappa shape index (κ2) is 13.0. The Labute approximate surface area is 223 Å². The number of nitrogens with two attached hydrogens (primary N) is 1. The first-order valence-corrected chi connectivity index (χ1v) is 12.8. The van der Waals surface area contributed by atoms with Crippen LogP contribution in [0.15, 0.2) is 65.6 Å². The Morgan fingerprint density at radius 2 is 1.84 bits per heavy atom. The van der Waals surface area contributed by atoms with Gasteiger partial charge in [0.15, 0.2) is 11.5 Å².